The Morgan fingerprint density at radius 3 is 2.58 bits per heavy atom. The first kappa shape index (κ1) is 18.0. The molecule has 7 nitrogen and oxygen atoms in total. The number of benzene rings is 1. The molecule has 0 amide bonds. The van der Waals surface area contributed by atoms with E-state index in [1.807, 2.05) is 23.1 Å². The lowest BCUT2D eigenvalue weighted by molar-refractivity contribution is 0.281. The Kier molecular flexibility index (Phi) is 6.84. The van der Waals surface area contributed by atoms with Crippen molar-refractivity contribution in [3.05, 3.63) is 35.4 Å². The van der Waals surface area contributed by atoms with Crippen molar-refractivity contribution in [2.24, 2.45) is 4.99 Å². The number of anilines is 2. The lowest BCUT2D eigenvalue weighted by Crippen LogP contribution is -2.29. The van der Waals surface area contributed by atoms with Gasteiger partial charge in [0.25, 0.3) is 0 Å². The lowest BCUT2D eigenvalue weighted by Gasteiger charge is -2.24. The van der Waals surface area contributed by atoms with E-state index in [0.717, 1.165) is 16.8 Å². The fourth-order valence-corrected chi connectivity index (χ4v) is 2.39. The van der Waals surface area contributed by atoms with E-state index >= 15 is 0 Å². The Morgan fingerprint density at radius 1 is 1.17 bits per heavy atom. The summed E-state index contributed by atoms with van der Waals surface area (Å²) in [7, 11) is 0. The molecule has 0 fully saturated rings. The Labute approximate surface area is 141 Å². The van der Waals surface area contributed by atoms with Gasteiger partial charge in [0, 0.05) is 30.0 Å². The normalized spacial score (nSPS) is 13.3. The summed E-state index contributed by atoms with van der Waals surface area (Å²) in [6, 6.07) is 5.50. The lowest BCUT2D eigenvalue weighted by atomic mass is 10.1. The highest BCUT2D eigenvalue weighted by Gasteiger charge is 2.17. The summed E-state index contributed by atoms with van der Waals surface area (Å²) in [5, 5.41) is 27.1. The molecule has 0 saturated carbocycles. The second kappa shape index (κ2) is 9.10. The van der Waals surface area contributed by atoms with Crippen molar-refractivity contribution >= 4 is 23.0 Å². The zero-order valence-electron chi connectivity index (χ0n) is 13.5. The third kappa shape index (κ3) is 4.59. The molecular formula is C17H23N3O4. The van der Waals surface area contributed by atoms with Gasteiger partial charge in [-0.1, -0.05) is 0 Å². The average Bonchev–Trinajstić information content (AvgIpc) is 3.04. The smallest absolute Gasteiger partial charge is 0.130 e. The second-order valence-electron chi connectivity index (χ2n) is 5.25. The van der Waals surface area contributed by atoms with Crippen molar-refractivity contribution in [1.82, 2.24) is 0 Å². The minimum absolute atomic E-state index is 0.00683. The highest BCUT2D eigenvalue weighted by Crippen LogP contribution is 2.31. The number of hydrogen-bond donors (Lipinski definition) is 4. The molecule has 24 heavy (non-hydrogen) atoms. The van der Waals surface area contributed by atoms with Crippen LogP contribution in [0.15, 0.2) is 34.8 Å². The summed E-state index contributed by atoms with van der Waals surface area (Å²) >= 11 is 0. The highest BCUT2D eigenvalue weighted by molar-refractivity contribution is 5.80. The van der Waals surface area contributed by atoms with Crippen molar-refractivity contribution in [2.45, 2.75) is 0 Å². The molecule has 1 heterocycles. The molecule has 0 aliphatic carbocycles. The van der Waals surface area contributed by atoms with Gasteiger partial charge in [-0.2, -0.15) is 0 Å². The predicted octanol–water partition coefficient (Wildman–Crippen LogP) is 0.0193. The van der Waals surface area contributed by atoms with E-state index in [-0.39, 0.29) is 19.8 Å². The molecule has 1 aliphatic heterocycles. The van der Waals surface area contributed by atoms with Crippen LogP contribution in [0.3, 0.4) is 0 Å². The number of aliphatic hydroxyl groups is 3. The zero-order valence-corrected chi connectivity index (χ0v) is 13.5. The van der Waals surface area contributed by atoms with Crippen LogP contribution in [0.25, 0.3) is 5.76 Å². The van der Waals surface area contributed by atoms with Gasteiger partial charge in [-0.05, 0) is 30.1 Å². The van der Waals surface area contributed by atoms with Crippen molar-refractivity contribution in [3.63, 3.8) is 0 Å². The number of ether oxygens (including phenoxy) is 1. The first-order valence-corrected chi connectivity index (χ1v) is 7.79. The van der Waals surface area contributed by atoms with Crippen LogP contribution in [0.2, 0.25) is 0 Å². The van der Waals surface area contributed by atoms with Crippen molar-refractivity contribution in [2.75, 3.05) is 56.7 Å². The van der Waals surface area contributed by atoms with Gasteiger partial charge in [0.15, 0.2) is 0 Å². The molecule has 7 heteroatoms. The molecular weight excluding hydrogens is 310 g/mol. The fraction of sp³-hybridized carbons (Fsp3) is 0.412. The fourth-order valence-electron chi connectivity index (χ4n) is 2.39. The maximum absolute atomic E-state index is 9.17. The summed E-state index contributed by atoms with van der Waals surface area (Å²) in [5.74, 6) is 3.47. The van der Waals surface area contributed by atoms with E-state index in [4.69, 9.17) is 15.6 Å². The summed E-state index contributed by atoms with van der Waals surface area (Å²) in [6.07, 6.45) is 1.82. The number of nitrogens with zero attached hydrogens (tertiary/aromatic N) is 2. The molecule has 0 aromatic heterocycles. The third-order valence-corrected chi connectivity index (χ3v) is 3.53. The monoisotopic (exact) mass is 333 g/mol. The number of nitrogens with two attached hydrogens (primary N) is 1. The van der Waals surface area contributed by atoms with E-state index in [1.54, 1.807) is 6.07 Å². The molecule has 0 bridgehead atoms. The van der Waals surface area contributed by atoms with Gasteiger partial charge >= 0.3 is 0 Å². The van der Waals surface area contributed by atoms with Crippen molar-refractivity contribution in [1.29, 1.82) is 0 Å². The summed E-state index contributed by atoms with van der Waals surface area (Å²) in [6.45, 7) is 1.47. The van der Waals surface area contributed by atoms with Crippen molar-refractivity contribution < 1.29 is 20.1 Å². The molecule has 1 aliphatic rings. The largest absolute Gasteiger partial charge is 0.487 e. The summed E-state index contributed by atoms with van der Waals surface area (Å²) in [5.41, 5.74) is 9.01. The van der Waals surface area contributed by atoms with Crippen molar-refractivity contribution in [3.8, 4) is 0 Å². The third-order valence-electron chi connectivity index (χ3n) is 3.53. The van der Waals surface area contributed by atoms with Crippen LogP contribution < -0.4 is 10.6 Å². The highest BCUT2D eigenvalue weighted by atomic mass is 16.5. The Morgan fingerprint density at radius 2 is 1.92 bits per heavy atom. The van der Waals surface area contributed by atoms with E-state index < -0.39 is 0 Å². The van der Waals surface area contributed by atoms with Crippen LogP contribution in [-0.2, 0) is 4.74 Å². The molecule has 130 valence electrons. The van der Waals surface area contributed by atoms with E-state index in [9.17, 15) is 10.2 Å². The molecule has 5 N–H and O–H groups in total. The van der Waals surface area contributed by atoms with E-state index in [1.165, 1.54) is 0 Å². The number of aliphatic imine (C=N–C) groups is 1. The SMILES string of the molecule is Nc1ccc(N(CCO)CCO)cc1C1=CC(=C=NCCO)CO1. The van der Waals surface area contributed by atoms with Crippen LogP contribution in [0.5, 0.6) is 0 Å². The van der Waals surface area contributed by atoms with Gasteiger partial charge < -0.3 is 30.7 Å². The minimum Gasteiger partial charge on any atom is -0.487 e. The van der Waals surface area contributed by atoms with Crippen LogP contribution in [0, 0.1) is 0 Å². The topological polar surface area (TPSA) is 112 Å². The van der Waals surface area contributed by atoms with E-state index in [2.05, 4.69) is 10.9 Å². The molecule has 0 saturated heterocycles. The quantitative estimate of drug-likeness (QED) is 0.394. The van der Waals surface area contributed by atoms with Crippen LogP contribution in [0.1, 0.15) is 5.56 Å². The predicted molar refractivity (Wildman–Crippen MR) is 94.1 cm³/mol. The number of aliphatic hydroxyl groups excluding tert-OH is 3. The maximum Gasteiger partial charge on any atom is 0.130 e. The molecule has 0 unspecified atom stereocenters. The van der Waals surface area contributed by atoms with Gasteiger partial charge in [0.2, 0.25) is 0 Å². The minimum atomic E-state index is -0.0156. The molecule has 2 rings (SSSR count). The number of hydrogen-bond acceptors (Lipinski definition) is 7. The number of rotatable bonds is 8. The average molecular weight is 333 g/mol. The van der Waals surface area contributed by atoms with Gasteiger partial charge in [-0.25, -0.2) is 4.99 Å². The molecule has 1 aromatic rings. The van der Waals surface area contributed by atoms with E-state index in [0.29, 0.717) is 37.7 Å². The second-order valence-corrected chi connectivity index (χ2v) is 5.25. The Bertz CT molecular complexity index is 645. The Balaban J connectivity index is 2.29. The summed E-state index contributed by atoms with van der Waals surface area (Å²) < 4.78 is 5.66. The standard InChI is InChI=1S/C17H23N3O4/c18-16-2-1-14(20(4-7-22)5-8-23)10-15(16)17-9-13(12-24-17)11-19-3-6-21/h1-2,9-10,21-23H,3-8,12,18H2. The molecule has 0 radical (unpaired) electrons. The van der Waals surface area contributed by atoms with Gasteiger partial charge in [-0.15, -0.1) is 0 Å². The van der Waals surface area contributed by atoms with Gasteiger partial charge in [0.05, 0.1) is 31.9 Å². The summed E-state index contributed by atoms with van der Waals surface area (Å²) in [4.78, 5) is 5.83. The maximum atomic E-state index is 9.17. The zero-order chi connectivity index (χ0) is 17.4. The molecule has 0 spiro atoms. The van der Waals surface area contributed by atoms with Gasteiger partial charge in [-0.3, -0.25) is 0 Å². The number of nitrogen functional groups attached to an aromatic ring is 1. The van der Waals surface area contributed by atoms with Crippen LogP contribution >= 0.6 is 0 Å². The Hall–Kier alpha value is -2.31. The first-order chi connectivity index (χ1) is 11.7. The molecule has 0 atom stereocenters. The molecule has 1 aromatic carbocycles. The first-order valence-electron chi connectivity index (χ1n) is 7.79. The van der Waals surface area contributed by atoms with Crippen LogP contribution in [-0.4, -0.2) is 67.3 Å². The van der Waals surface area contributed by atoms with Crippen LogP contribution in [0.4, 0.5) is 11.4 Å². The van der Waals surface area contributed by atoms with Gasteiger partial charge in [0.1, 0.15) is 12.4 Å².